The third kappa shape index (κ3) is 2.19. The molecule has 6 nitrogen and oxygen atoms in total. The highest BCUT2D eigenvalue weighted by Crippen LogP contribution is 2.22. The molecule has 2 N–H and O–H groups in total. The molecule has 16 heavy (non-hydrogen) atoms. The van der Waals surface area contributed by atoms with Crippen molar-refractivity contribution in [1.82, 2.24) is 15.0 Å². The Balaban J connectivity index is 2.08. The first kappa shape index (κ1) is 10.6. The molecule has 0 atom stereocenters. The van der Waals surface area contributed by atoms with Crippen molar-refractivity contribution in [3.8, 4) is 0 Å². The van der Waals surface area contributed by atoms with E-state index in [-0.39, 0.29) is 4.88 Å². The summed E-state index contributed by atoms with van der Waals surface area (Å²) < 4.78 is 0. The minimum atomic E-state index is -0.949. The zero-order chi connectivity index (χ0) is 11.5. The van der Waals surface area contributed by atoms with Crippen molar-refractivity contribution >= 4 is 22.4 Å². The molecule has 2 aromatic rings. The van der Waals surface area contributed by atoms with Crippen molar-refractivity contribution in [2.75, 3.05) is 11.9 Å². The van der Waals surface area contributed by atoms with Gasteiger partial charge in [-0.1, -0.05) is 11.3 Å². The zero-order valence-electron chi connectivity index (χ0n) is 8.54. The quantitative estimate of drug-likeness (QED) is 0.836. The van der Waals surface area contributed by atoms with Crippen LogP contribution in [0.5, 0.6) is 0 Å². The van der Waals surface area contributed by atoms with Gasteiger partial charge in [-0.15, -0.1) is 0 Å². The van der Waals surface area contributed by atoms with Crippen molar-refractivity contribution in [2.45, 2.75) is 6.54 Å². The summed E-state index contributed by atoms with van der Waals surface area (Å²) >= 11 is 1.14. The second-order valence-corrected chi connectivity index (χ2v) is 4.21. The maximum absolute atomic E-state index is 10.7. The zero-order valence-corrected chi connectivity index (χ0v) is 9.36. The van der Waals surface area contributed by atoms with Gasteiger partial charge in [0.05, 0.1) is 12.7 Å². The van der Waals surface area contributed by atoms with Crippen molar-refractivity contribution < 1.29 is 9.90 Å². The predicted molar refractivity (Wildman–Crippen MR) is 59.8 cm³/mol. The summed E-state index contributed by atoms with van der Waals surface area (Å²) in [5.41, 5.74) is 0. The fraction of sp³-hybridized carbons (Fsp3) is 0.222. The number of rotatable bonds is 4. The predicted octanol–water partition coefficient (Wildman–Crippen LogP) is 1.20. The van der Waals surface area contributed by atoms with Gasteiger partial charge < -0.3 is 15.0 Å². The standard InChI is InChI=1S/C9H10N4O2S/c1-13(5-7-10-2-3-11-7)9-12-4-6(16-9)8(14)15/h2-4H,5H2,1H3,(H,10,11)(H,14,15). The lowest BCUT2D eigenvalue weighted by Crippen LogP contribution is -2.16. The number of nitrogens with one attached hydrogen (secondary N) is 1. The molecule has 0 spiro atoms. The van der Waals surface area contributed by atoms with E-state index in [2.05, 4.69) is 15.0 Å². The highest BCUT2D eigenvalue weighted by atomic mass is 32.1. The van der Waals surface area contributed by atoms with Crippen molar-refractivity contribution in [1.29, 1.82) is 0 Å². The van der Waals surface area contributed by atoms with E-state index in [9.17, 15) is 4.79 Å². The molecule has 0 radical (unpaired) electrons. The van der Waals surface area contributed by atoms with Crippen molar-refractivity contribution in [2.24, 2.45) is 0 Å². The lowest BCUT2D eigenvalue weighted by molar-refractivity contribution is 0.0702. The lowest BCUT2D eigenvalue weighted by Gasteiger charge is -2.13. The smallest absolute Gasteiger partial charge is 0.347 e. The molecular formula is C9H10N4O2S. The van der Waals surface area contributed by atoms with Crippen LogP contribution in [0.1, 0.15) is 15.5 Å². The molecule has 0 bridgehead atoms. The number of anilines is 1. The Morgan fingerprint density at radius 3 is 3.00 bits per heavy atom. The van der Waals surface area contributed by atoms with E-state index in [4.69, 9.17) is 5.11 Å². The van der Waals surface area contributed by atoms with E-state index < -0.39 is 5.97 Å². The van der Waals surface area contributed by atoms with Crippen molar-refractivity contribution in [3.63, 3.8) is 0 Å². The first-order chi connectivity index (χ1) is 7.66. The van der Waals surface area contributed by atoms with Gasteiger partial charge in [-0.05, 0) is 0 Å². The van der Waals surface area contributed by atoms with E-state index in [0.29, 0.717) is 11.7 Å². The highest BCUT2D eigenvalue weighted by molar-refractivity contribution is 7.17. The Morgan fingerprint density at radius 1 is 1.62 bits per heavy atom. The first-order valence-electron chi connectivity index (χ1n) is 4.55. The highest BCUT2D eigenvalue weighted by Gasteiger charge is 2.12. The van der Waals surface area contributed by atoms with Crippen LogP contribution in [0, 0.1) is 0 Å². The summed E-state index contributed by atoms with van der Waals surface area (Å²) in [5.74, 6) is -0.135. The fourth-order valence-electron chi connectivity index (χ4n) is 1.22. The minimum Gasteiger partial charge on any atom is -0.477 e. The molecule has 2 rings (SSSR count). The molecule has 0 saturated carbocycles. The third-order valence-corrected chi connectivity index (χ3v) is 3.07. The summed E-state index contributed by atoms with van der Waals surface area (Å²) in [6, 6.07) is 0. The van der Waals surface area contributed by atoms with Crippen molar-refractivity contribution in [3.05, 3.63) is 29.3 Å². The summed E-state index contributed by atoms with van der Waals surface area (Å²) in [5, 5.41) is 9.43. The second-order valence-electron chi connectivity index (χ2n) is 3.20. The number of aromatic nitrogens is 3. The van der Waals surface area contributed by atoms with Crippen LogP contribution in [0.25, 0.3) is 0 Å². The SMILES string of the molecule is CN(Cc1ncc[nH]1)c1ncc(C(=O)O)s1. The molecule has 0 aromatic carbocycles. The normalized spacial score (nSPS) is 10.3. The maximum atomic E-state index is 10.7. The number of nitrogens with zero attached hydrogens (tertiary/aromatic N) is 3. The number of imidazole rings is 1. The van der Waals surface area contributed by atoms with Crippen LogP contribution >= 0.6 is 11.3 Å². The van der Waals surface area contributed by atoms with Crippen LogP contribution in [0.15, 0.2) is 18.6 Å². The van der Waals surface area contributed by atoms with Gasteiger partial charge in [0.1, 0.15) is 10.7 Å². The lowest BCUT2D eigenvalue weighted by atomic mass is 10.5. The van der Waals surface area contributed by atoms with Crippen LogP contribution in [0.2, 0.25) is 0 Å². The van der Waals surface area contributed by atoms with Crippen LogP contribution in [-0.4, -0.2) is 33.1 Å². The molecule has 0 unspecified atom stereocenters. The van der Waals surface area contributed by atoms with Gasteiger partial charge in [-0.25, -0.2) is 14.8 Å². The average Bonchev–Trinajstić information content (AvgIpc) is 2.86. The number of H-pyrrole nitrogens is 1. The van der Waals surface area contributed by atoms with Crippen LogP contribution in [0.3, 0.4) is 0 Å². The number of hydrogen-bond acceptors (Lipinski definition) is 5. The Morgan fingerprint density at radius 2 is 2.44 bits per heavy atom. The van der Waals surface area contributed by atoms with E-state index in [1.165, 1.54) is 6.20 Å². The number of carbonyl (C=O) groups is 1. The second kappa shape index (κ2) is 4.31. The molecule has 2 aromatic heterocycles. The Kier molecular flexibility index (Phi) is 2.86. The molecule has 0 aliphatic rings. The number of thiazole rings is 1. The number of aromatic amines is 1. The van der Waals surface area contributed by atoms with E-state index in [0.717, 1.165) is 17.2 Å². The average molecular weight is 238 g/mol. The molecular weight excluding hydrogens is 228 g/mol. The Hall–Kier alpha value is -1.89. The molecule has 0 amide bonds. The topological polar surface area (TPSA) is 82.1 Å². The monoisotopic (exact) mass is 238 g/mol. The first-order valence-corrected chi connectivity index (χ1v) is 5.37. The van der Waals surface area contributed by atoms with E-state index in [1.54, 1.807) is 12.4 Å². The number of carboxylic acids is 1. The number of aromatic carboxylic acids is 1. The van der Waals surface area contributed by atoms with Gasteiger partial charge in [0.15, 0.2) is 5.13 Å². The van der Waals surface area contributed by atoms with Crippen LogP contribution in [-0.2, 0) is 6.54 Å². The van der Waals surface area contributed by atoms with Gasteiger partial charge in [-0.2, -0.15) is 0 Å². The summed E-state index contributed by atoms with van der Waals surface area (Å²) in [4.78, 5) is 23.9. The molecule has 2 heterocycles. The largest absolute Gasteiger partial charge is 0.477 e. The molecule has 0 saturated heterocycles. The summed E-state index contributed by atoms with van der Waals surface area (Å²) in [6.45, 7) is 0.569. The van der Waals surface area contributed by atoms with E-state index in [1.807, 2.05) is 11.9 Å². The number of hydrogen-bond donors (Lipinski definition) is 2. The van der Waals surface area contributed by atoms with Gasteiger partial charge in [-0.3, -0.25) is 0 Å². The minimum absolute atomic E-state index is 0.237. The summed E-state index contributed by atoms with van der Waals surface area (Å²) in [6.07, 6.45) is 4.78. The fourth-order valence-corrected chi connectivity index (χ4v) is 1.93. The van der Waals surface area contributed by atoms with Crippen LogP contribution in [0.4, 0.5) is 5.13 Å². The third-order valence-electron chi connectivity index (χ3n) is 1.97. The van der Waals surface area contributed by atoms with Crippen LogP contribution < -0.4 is 4.90 Å². The molecule has 0 fully saturated rings. The number of carboxylic acid groups (broad SMARTS) is 1. The Labute approximate surface area is 95.6 Å². The molecule has 84 valence electrons. The van der Waals surface area contributed by atoms with Gasteiger partial charge in [0, 0.05) is 19.4 Å². The van der Waals surface area contributed by atoms with Gasteiger partial charge >= 0.3 is 5.97 Å². The van der Waals surface area contributed by atoms with E-state index >= 15 is 0 Å². The summed E-state index contributed by atoms with van der Waals surface area (Å²) in [7, 11) is 1.84. The maximum Gasteiger partial charge on any atom is 0.347 e. The van der Waals surface area contributed by atoms with Gasteiger partial charge in [0.2, 0.25) is 0 Å². The Bertz CT molecular complexity index is 479. The molecule has 0 aliphatic heterocycles. The molecule has 7 heteroatoms. The van der Waals surface area contributed by atoms with Gasteiger partial charge in [0.25, 0.3) is 0 Å². The molecule has 0 aliphatic carbocycles.